The van der Waals surface area contributed by atoms with Gasteiger partial charge in [0, 0.05) is 23.6 Å². The smallest absolute Gasteiger partial charge is 0.303 e. The van der Waals surface area contributed by atoms with E-state index in [1.807, 2.05) is 73.7 Å². The van der Waals surface area contributed by atoms with Gasteiger partial charge in [-0.25, -0.2) is 0 Å². The average Bonchev–Trinajstić information content (AvgIpc) is 2.85. The lowest BCUT2D eigenvalue weighted by Crippen LogP contribution is -1.99. The maximum Gasteiger partial charge on any atom is 0.303 e. The summed E-state index contributed by atoms with van der Waals surface area (Å²) in [5.41, 5.74) is 3.03. The highest BCUT2D eigenvalue weighted by molar-refractivity contribution is 6.30. The third kappa shape index (κ3) is 6.80. The molecule has 4 aromatic carbocycles. The number of carbonyl (C=O) groups is 1. The molecule has 6 heteroatoms. The Morgan fingerprint density at radius 2 is 1.50 bits per heavy atom. The third-order valence-electron chi connectivity index (χ3n) is 5.61. The van der Waals surface area contributed by atoms with E-state index in [1.165, 1.54) is 0 Å². The van der Waals surface area contributed by atoms with Gasteiger partial charge in [0.2, 0.25) is 0 Å². The van der Waals surface area contributed by atoms with Gasteiger partial charge in [0.15, 0.2) is 11.5 Å². The van der Waals surface area contributed by atoms with E-state index in [-0.39, 0.29) is 6.42 Å². The summed E-state index contributed by atoms with van der Waals surface area (Å²) in [6.07, 6.45) is 1.38. The van der Waals surface area contributed by atoms with E-state index >= 15 is 0 Å². The van der Waals surface area contributed by atoms with Crippen LogP contribution in [0.5, 0.6) is 34.5 Å². The first kappa shape index (κ1) is 25.1. The molecule has 0 atom stereocenters. The number of carboxylic acids is 1. The van der Waals surface area contributed by atoms with Gasteiger partial charge in [0.05, 0.1) is 0 Å². The van der Waals surface area contributed by atoms with Crippen LogP contribution in [0.25, 0.3) is 0 Å². The van der Waals surface area contributed by atoms with E-state index in [0.717, 1.165) is 23.1 Å². The minimum atomic E-state index is -0.809. The lowest BCUT2D eigenvalue weighted by Gasteiger charge is -2.15. The summed E-state index contributed by atoms with van der Waals surface area (Å²) >= 11 is 6.22. The normalized spacial score (nSPS) is 10.6. The van der Waals surface area contributed by atoms with Gasteiger partial charge in [0.25, 0.3) is 0 Å². The molecule has 0 saturated carbocycles. The zero-order valence-corrected chi connectivity index (χ0v) is 20.9. The first-order chi connectivity index (χ1) is 17.4. The number of aryl methyl sites for hydroxylation is 3. The molecular formula is C30H27ClO5. The zero-order chi connectivity index (χ0) is 25.5. The minimum Gasteiger partial charge on any atom is -0.481 e. The van der Waals surface area contributed by atoms with Crippen molar-refractivity contribution in [1.82, 2.24) is 0 Å². The predicted octanol–water partition coefficient (Wildman–Crippen LogP) is 8.60. The van der Waals surface area contributed by atoms with E-state index in [4.69, 9.17) is 30.9 Å². The van der Waals surface area contributed by atoms with Crippen molar-refractivity contribution in [3.8, 4) is 34.5 Å². The molecule has 0 heterocycles. The molecule has 184 valence electrons. The highest BCUT2D eigenvalue weighted by Crippen LogP contribution is 2.38. The number of rotatable bonds is 10. The van der Waals surface area contributed by atoms with Crippen molar-refractivity contribution in [3.05, 3.63) is 107 Å². The average molecular weight is 503 g/mol. The first-order valence-electron chi connectivity index (χ1n) is 11.7. The van der Waals surface area contributed by atoms with Gasteiger partial charge in [-0.1, -0.05) is 42.8 Å². The summed E-state index contributed by atoms with van der Waals surface area (Å²) < 4.78 is 18.4. The van der Waals surface area contributed by atoms with E-state index < -0.39 is 5.97 Å². The first-order valence-corrected chi connectivity index (χ1v) is 12.1. The topological polar surface area (TPSA) is 65.0 Å². The summed E-state index contributed by atoms with van der Waals surface area (Å²) in [6, 6.07) is 26.2. The van der Waals surface area contributed by atoms with Crippen molar-refractivity contribution in [2.45, 2.75) is 33.1 Å². The molecule has 0 saturated heterocycles. The lowest BCUT2D eigenvalue weighted by atomic mass is 10.0. The van der Waals surface area contributed by atoms with Gasteiger partial charge in [-0.15, -0.1) is 0 Å². The largest absolute Gasteiger partial charge is 0.481 e. The molecule has 0 radical (unpaired) electrons. The molecule has 4 aromatic rings. The van der Waals surface area contributed by atoms with Crippen LogP contribution < -0.4 is 14.2 Å². The molecule has 0 bridgehead atoms. The molecule has 5 nitrogen and oxygen atoms in total. The van der Waals surface area contributed by atoms with E-state index in [0.29, 0.717) is 45.9 Å². The van der Waals surface area contributed by atoms with Crippen molar-refractivity contribution in [1.29, 1.82) is 0 Å². The van der Waals surface area contributed by atoms with Crippen molar-refractivity contribution in [3.63, 3.8) is 0 Å². The van der Waals surface area contributed by atoms with Crippen LogP contribution in [0.2, 0.25) is 5.02 Å². The maximum absolute atomic E-state index is 10.9. The summed E-state index contributed by atoms with van der Waals surface area (Å²) in [5, 5.41) is 9.49. The van der Waals surface area contributed by atoms with Gasteiger partial charge >= 0.3 is 5.97 Å². The van der Waals surface area contributed by atoms with Gasteiger partial charge in [-0.3, -0.25) is 4.79 Å². The number of halogens is 1. The van der Waals surface area contributed by atoms with Crippen molar-refractivity contribution in [2.75, 3.05) is 0 Å². The fourth-order valence-electron chi connectivity index (χ4n) is 3.73. The van der Waals surface area contributed by atoms with Gasteiger partial charge in [-0.05, 0) is 85.0 Å². The van der Waals surface area contributed by atoms with E-state index in [9.17, 15) is 4.79 Å². The quantitative estimate of drug-likeness (QED) is 0.235. The number of hydrogen-bond acceptors (Lipinski definition) is 4. The van der Waals surface area contributed by atoms with Crippen LogP contribution in [0.15, 0.2) is 84.9 Å². The van der Waals surface area contributed by atoms with Crippen molar-refractivity contribution in [2.24, 2.45) is 0 Å². The molecule has 4 rings (SSSR count). The van der Waals surface area contributed by atoms with Crippen LogP contribution >= 0.6 is 11.6 Å². The molecule has 0 amide bonds. The third-order valence-corrected chi connectivity index (χ3v) is 5.85. The fourth-order valence-corrected chi connectivity index (χ4v) is 3.89. The number of ether oxygens (including phenoxy) is 3. The number of benzene rings is 4. The Labute approximate surface area is 215 Å². The van der Waals surface area contributed by atoms with E-state index in [2.05, 4.69) is 6.92 Å². The SMILES string of the molecule is CCc1cc(Oc2ccc(CCC(=O)O)c(C)c2)cc(Oc2ccc(Cl)cc2Oc2ccccc2)c1. The molecule has 0 aliphatic carbocycles. The molecule has 0 aliphatic heterocycles. The fraction of sp³-hybridized carbons (Fsp3) is 0.167. The number of hydrogen-bond donors (Lipinski definition) is 1. The molecule has 0 fully saturated rings. The maximum atomic E-state index is 10.9. The highest BCUT2D eigenvalue weighted by atomic mass is 35.5. The van der Waals surface area contributed by atoms with Crippen LogP contribution in [0.3, 0.4) is 0 Å². The zero-order valence-electron chi connectivity index (χ0n) is 20.2. The van der Waals surface area contributed by atoms with Crippen LogP contribution in [0.1, 0.15) is 30.0 Å². The second kappa shape index (κ2) is 11.6. The second-order valence-electron chi connectivity index (χ2n) is 8.36. The molecule has 0 unspecified atom stereocenters. The van der Waals surface area contributed by atoms with Gasteiger partial charge < -0.3 is 19.3 Å². The van der Waals surface area contributed by atoms with Gasteiger partial charge in [-0.2, -0.15) is 0 Å². The highest BCUT2D eigenvalue weighted by Gasteiger charge is 2.12. The van der Waals surface area contributed by atoms with Crippen LogP contribution in [-0.2, 0) is 17.6 Å². The Morgan fingerprint density at radius 1 is 0.778 bits per heavy atom. The predicted molar refractivity (Wildman–Crippen MR) is 141 cm³/mol. The summed E-state index contributed by atoms with van der Waals surface area (Å²) in [5.74, 6) is 2.83. The van der Waals surface area contributed by atoms with Crippen LogP contribution in [0, 0.1) is 6.92 Å². The number of para-hydroxylation sites is 1. The molecule has 0 spiro atoms. The van der Waals surface area contributed by atoms with Gasteiger partial charge in [0.1, 0.15) is 23.0 Å². The Bertz CT molecular complexity index is 1350. The summed E-state index contributed by atoms with van der Waals surface area (Å²) in [6.45, 7) is 4.02. The summed E-state index contributed by atoms with van der Waals surface area (Å²) in [7, 11) is 0. The lowest BCUT2D eigenvalue weighted by molar-refractivity contribution is -0.136. The van der Waals surface area contributed by atoms with Crippen molar-refractivity contribution < 1.29 is 24.1 Å². The molecule has 36 heavy (non-hydrogen) atoms. The van der Waals surface area contributed by atoms with Crippen molar-refractivity contribution >= 4 is 17.6 Å². The summed E-state index contributed by atoms with van der Waals surface area (Å²) in [4.78, 5) is 10.9. The molecule has 1 N–H and O–H groups in total. The number of aliphatic carboxylic acids is 1. The molecule has 0 aromatic heterocycles. The minimum absolute atomic E-state index is 0.0982. The monoisotopic (exact) mass is 502 g/mol. The van der Waals surface area contributed by atoms with Crippen LogP contribution in [-0.4, -0.2) is 11.1 Å². The molecular weight excluding hydrogens is 476 g/mol. The van der Waals surface area contributed by atoms with Crippen LogP contribution in [0.4, 0.5) is 0 Å². The Kier molecular flexibility index (Phi) is 8.13. The standard InChI is InChI=1S/C30H27ClO5/c1-3-21-16-26(34-25-12-9-22(20(2)15-25)10-14-30(32)33)19-27(17-21)36-28-13-11-23(31)18-29(28)35-24-7-5-4-6-8-24/h4-9,11-13,15-19H,3,10,14H2,1-2H3,(H,32,33). The second-order valence-corrected chi connectivity index (χ2v) is 8.79. The Balaban J connectivity index is 1.57. The molecule has 0 aliphatic rings. The van der Waals surface area contributed by atoms with E-state index in [1.54, 1.807) is 18.2 Å². The number of carboxylic acid groups (broad SMARTS) is 1. The Hall–Kier alpha value is -3.96. The Morgan fingerprint density at radius 3 is 2.19 bits per heavy atom.